The van der Waals surface area contributed by atoms with Crippen molar-refractivity contribution < 1.29 is 23.5 Å². The number of nitrogens with zero attached hydrogens (tertiary/aromatic N) is 1. The van der Waals surface area contributed by atoms with E-state index in [1.807, 2.05) is 6.07 Å². The Hall–Kier alpha value is -2.85. The van der Waals surface area contributed by atoms with Crippen LogP contribution in [0.15, 0.2) is 70.0 Å². The van der Waals surface area contributed by atoms with Crippen LogP contribution in [0.5, 0.6) is 5.75 Å². The van der Waals surface area contributed by atoms with E-state index in [4.69, 9.17) is 27.9 Å². The van der Waals surface area contributed by atoms with Gasteiger partial charge < -0.3 is 10.1 Å². The van der Waals surface area contributed by atoms with Gasteiger partial charge in [-0.1, -0.05) is 35.3 Å². The first-order valence-corrected chi connectivity index (χ1v) is 12.7. The number of amides is 3. The molecule has 36 heavy (non-hydrogen) atoms. The summed E-state index contributed by atoms with van der Waals surface area (Å²) in [5.74, 6) is -1.02. The van der Waals surface area contributed by atoms with Crippen LogP contribution in [0.1, 0.15) is 11.1 Å². The number of thioether (sulfide) groups is 1. The number of rotatable bonds is 7. The van der Waals surface area contributed by atoms with Crippen LogP contribution in [0, 0.1) is 5.82 Å². The fourth-order valence-corrected chi connectivity index (χ4v) is 4.85. The van der Waals surface area contributed by atoms with E-state index >= 15 is 0 Å². The molecule has 1 aliphatic rings. The van der Waals surface area contributed by atoms with E-state index in [1.165, 1.54) is 24.3 Å². The van der Waals surface area contributed by atoms with Gasteiger partial charge in [-0.3, -0.25) is 19.3 Å². The van der Waals surface area contributed by atoms with Crippen LogP contribution in [0.25, 0.3) is 6.08 Å². The highest BCUT2D eigenvalue weighted by Gasteiger charge is 2.36. The number of hydrogen-bond donors (Lipinski definition) is 1. The summed E-state index contributed by atoms with van der Waals surface area (Å²) >= 11 is 16.2. The number of halogens is 4. The Morgan fingerprint density at radius 1 is 1.06 bits per heavy atom. The van der Waals surface area contributed by atoms with Gasteiger partial charge in [-0.05, 0) is 93.4 Å². The lowest BCUT2D eigenvalue weighted by Gasteiger charge is -2.12. The van der Waals surface area contributed by atoms with Crippen LogP contribution < -0.4 is 10.1 Å². The van der Waals surface area contributed by atoms with Crippen LogP contribution >= 0.6 is 50.9 Å². The van der Waals surface area contributed by atoms with Crippen molar-refractivity contribution in [2.45, 2.75) is 6.61 Å². The molecule has 184 valence electrons. The Bertz CT molecular complexity index is 1380. The second-order valence-electron chi connectivity index (χ2n) is 7.55. The number of benzene rings is 3. The van der Waals surface area contributed by atoms with E-state index in [-0.39, 0.29) is 11.5 Å². The smallest absolute Gasteiger partial charge is 0.294 e. The van der Waals surface area contributed by atoms with Crippen molar-refractivity contribution in [3.05, 3.63) is 97.0 Å². The average molecular weight is 610 g/mol. The predicted molar refractivity (Wildman–Crippen MR) is 143 cm³/mol. The summed E-state index contributed by atoms with van der Waals surface area (Å²) in [5.41, 5.74) is 1.86. The summed E-state index contributed by atoms with van der Waals surface area (Å²) in [6.07, 6.45) is 1.57. The quantitative estimate of drug-likeness (QED) is 0.288. The molecule has 6 nitrogen and oxygen atoms in total. The molecular weight excluding hydrogens is 594 g/mol. The van der Waals surface area contributed by atoms with E-state index in [2.05, 4.69) is 21.2 Å². The van der Waals surface area contributed by atoms with Crippen molar-refractivity contribution >= 4 is 79.7 Å². The van der Waals surface area contributed by atoms with Gasteiger partial charge in [0.05, 0.1) is 19.4 Å². The molecule has 1 N–H and O–H groups in total. The maximum atomic E-state index is 13.0. The lowest BCUT2D eigenvalue weighted by Crippen LogP contribution is -2.36. The highest BCUT2D eigenvalue weighted by atomic mass is 79.9. The predicted octanol–water partition coefficient (Wildman–Crippen LogP) is 7.15. The van der Waals surface area contributed by atoms with Gasteiger partial charge >= 0.3 is 0 Å². The van der Waals surface area contributed by atoms with Crippen molar-refractivity contribution in [3.8, 4) is 5.75 Å². The Morgan fingerprint density at radius 3 is 2.50 bits per heavy atom. The molecule has 0 aliphatic carbocycles. The van der Waals surface area contributed by atoms with Gasteiger partial charge in [0, 0.05) is 5.69 Å². The molecule has 0 spiro atoms. The maximum absolute atomic E-state index is 13.0. The summed E-state index contributed by atoms with van der Waals surface area (Å²) in [5, 5.41) is 2.88. The first-order valence-electron chi connectivity index (χ1n) is 10.4. The average Bonchev–Trinajstić information content (AvgIpc) is 3.09. The molecule has 1 saturated heterocycles. The molecule has 0 bridgehead atoms. The largest absolute Gasteiger partial charge is 0.488 e. The van der Waals surface area contributed by atoms with Crippen molar-refractivity contribution in [1.29, 1.82) is 0 Å². The second kappa shape index (κ2) is 11.5. The fraction of sp³-hybridized carbons (Fsp3) is 0.0800. The molecule has 0 saturated carbocycles. The van der Waals surface area contributed by atoms with E-state index in [1.54, 1.807) is 36.4 Å². The highest BCUT2D eigenvalue weighted by molar-refractivity contribution is 9.10. The monoisotopic (exact) mass is 608 g/mol. The van der Waals surface area contributed by atoms with Gasteiger partial charge in [0.2, 0.25) is 5.91 Å². The molecule has 1 aliphatic heterocycles. The SMILES string of the molecule is O=C(CN1C(=O)S/C(=C\c2ccc(OCc3ccc(Cl)c(Cl)c3)c(Br)c2)C1=O)Nc1ccc(F)cc1. The molecule has 0 radical (unpaired) electrons. The molecule has 3 aromatic rings. The van der Waals surface area contributed by atoms with Gasteiger partial charge in [0.1, 0.15) is 24.7 Å². The summed E-state index contributed by atoms with van der Waals surface area (Å²) in [7, 11) is 0. The van der Waals surface area contributed by atoms with Crippen LogP contribution in [0.3, 0.4) is 0 Å². The third-order valence-electron chi connectivity index (χ3n) is 4.94. The standard InChI is InChI=1S/C25H16BrCl2FN2O4S/c26-18-9-14(2-8-21(18)35-13-15-1-7-19(27)20(28)10-15)11-22-24(33)31(25(34)36-22)12-23(32)30-17-5-3-16(29)4-6-17/h1-11H,12-13H2,(H,30,32)/b22-11-. The van der Waals surface area contributed by atoms with Gasteiger partial charge in [0.25, 0.3) is 11.1 Å². The molecule has 3 aromatic carbocycles. The first-order chi connectivity index (χ1) is 17.2. The van der Waals surface area contributed by atoms with E-state index in [0.717, 1.165) is 22.2 Å². The first kappa shape index (κ1) is 26.2. The topological polar surface area (TPSA) is 75.7 Å². The molecule has 0 aromatic heterocycles. The number of carbonyl (C=O) groups excluding carboxylic acids is 3. The molecule has 11 heteroatoms. The van der Waals surface area contributed by atoms with Gasteiger partial charge in [-0.25, -0.2) is 4.39 Å². The van der Waals surface area contributed by atoms with Crippen LogP contribution in [-0.4, -0.2) is 28.5 Å². The second-order valence-corrected chi connectivity index (χ2v) is 10.2. The number of anilines is 1. The number of imide groups is 1. The van der Waals surface area contributed by atoms with Crippen molar-refractivity contribution in [2.24, 2.45) is 0 Å². The fourth-order valence-electron chi connectivity index (χ4n) is 3.18. The number of ether oxygens (including phenoxy) is 1. The molecule has 1 fully saturated rings. The highest BCUT2D eigenvalue weighted by Crippen LogP contribution is 2.34. The van der Waals surface area contributed by atoms with Crippen LogP contribution in [0.4, 0.5) is 14.9 Å². The molecule has 0 unspecified atom stereocenters. The molecular formula is C25H16BrCl2FN2O4S. The minimum absolute atomic E-state index is 0.186. The zero-order valence-corrected chi connectivity index (χ0v) is 22.2. The minimum Gasteiger partial charge on any atom is -0.488 e. The third-order valence-corrected chi connectivity index (χ3v) is 7.20. The van der Waals surface area contributed by atoms with Gasteiger partial charge in [-0.2, -0.15) is 0 Å². The van der Waals surface area contributed by atoms with Crippen molar-refractivity contribution in [2.75, 3.05) is 11.9 Å². The Balaban J connectivity index is 1.39. The number of nitrogens with one attached hydrogen (secondary N) is 1. The zero-order chi connectivity index (χ0) is 25.8. The van der Waals surface area contributed by atoms with Crippen LogP contribution in [0.2, 0.25) is 10.0 Å². The summed E-state index contributed by atoms with van der Waals surface area (Å²) < 4.78 is 19.5. The number of hydrogen-bond acceptors (Lipinski definition) is 5. The Morgan fingerprint density at radius 2 is 1.81 bits per heavy atom. The maximum Gasteiger partial charge on any atom is 0.294 e. The van der Waals surface area contributed by atoms with Crippen molar-refractivity contribution in [1.82, 2.24) is 4.90 Å². The van der Waals surface area contributed by atoms with Crippen LogP contribution in [-0.2, 0) is 16.2 Å². The van der Waals surface area contributed by atoms with Crippen molar-refractivity contribution in [3.63, 3.8) is 0 Å². The lowest BCUT2D eigenvalue weighted by molar-refractivity contribution is -0.127. The summed E-state index contributed by atoms with van der Waals surface area (Å²) in [4.78, 5) is 38.4. The molecule has 0 atom stereocenters. The molecule has 1 heterocycles. The van der Waals surface area contributed by atoms with E-state index < -0.39 is 29.4 Å². The zero-order valence-electron chi connectivity index (χ0n) is 18.3. The lowest BCUT2D eigenvalue weighted by atomic mass is 10.2. The third kappa shape index (κ3) is 6.47. The van der Waals surface area contributed by atoms with E-state index in [0.29, 0.717) is 31.5 Å². The summed E-state index contributed by atoms with van der Waals surface area (Å²) in [6, 6.07) is 15.6. The van der Waals surface area contributed by atoms with Gasteiger partial charge in [0.15, 0.2) is 0 Å². The number of carbonyl (C=O) groups is 3. The normalized spacial score (nSPS) is 14.4. The Labute approximate surface area is 228 Å². The Kier molecular flexibility index (Phi) is 8.35. The van der Waals surface area contributed by atoms with E-state index in [9.17, 15) is 18.8 Å². The molecule has 4 rings (SSSR count). The molecule has 3 amide bonds. The minimum atomic E-state index is -0.574. The van der Waals surface area contributed by atoms with Gasteiger partial charge in [-0.15, -0.1) is 0 Å². The summed E-state index contributed by atoms with van der Waals surface area (Å²) in [6.45, 7) is -0.182.